The van der Waals surface area contributed by atoms with E-state index in [1.54, 1.807) is 42.5 Å². The van der Waals surface area contributed by atoms with Gasteiger partial charge in [-0.15, -0.1) is 9.78 Å². The number of H-pyrrole nitrogens is 1. The van der Waals surface area contributed by atoms with Crippen molar-refractivity contribution in [1.29, 1.82) is 5.41 Å². The number of carbonyl (C=O) groups is 2. The minimum atomic E-state index is -1.56. The number of carbonyl (C=O) groups excluding carboxylic acids is 2. The maximum atomic E-state index is 12.9. The van der Waals surface area contributed by atoms with E-state index in [9.17, 15) is 14.4 Å². The Bertz CT molecular complexity index is 1630. The molecule has 0 bridgehead atoms. The summed E-state index contributed by atoms with van der Waals surface area (Å²) in [7, 11) is 4.45. The zero-order valence-corrected chi connectivity index (χ0v) is 23.2. The highest BCUT2D eigenvalue weighted by Crippen LogP contribution is 2.32. The zero-order chi connectivity index (χ0) is 30.4. The summed E-state index contributed by atoms with van der Waals surface area (Å²) >= 11 is 0. The summed E-state index contributed by atoms with van der Waals surface area (Å²) in [5, 5.41) is 15.4. The number of hydrogen-bond acceptors (Lipinski definition) is 11. The topological polar surface area (TPSA) is 203 Å². The highest BCUT2D eigenvalue weighted by Gasteiger charge is 2.27. The van der Waals surface area contributed by atoms with Gasteiger partial charge in [0.05, 0.1) is 7.11 Å². The van der Waals surface area contributed by atoms with Crippen molar-refractivity contribution in [2.75, 3.05) is 26.5 Å². The Kier molecular flexibility index (Phi) is 8.80. The monoisotopic (exact) mass is 575 g/mol. The lowest BCUT2D eigenvalue weighted by atomic mass is 10.0. The van der Waals surface area contributed by atoms with E-state index in [4.69, 9.17) is 25.4 Å². The molecular weight excluding hydrogens is 546 g/mol. The molecule has 0 aliphatic rings. The number of amidine groups is 1. The van der Waals surface area contributed by atoms with Crippen molar-refractivity contribution in [2.45, 2.75) is 19.3 Å². The molecule has 0 saturated heterocycles. The lowest BCUT2D eigenvalue weighted by Gasteiger charge is -2.23. The fraction of sp³-hybridized carbons (Fsp3) is 0.222. The van der Waals surface area contributed by atoms with E-state index >= 15 is 0 Å². The number of nitrogens with one attached hydrogen (secondary N) is 3. The highest BCUT2D eigenvalue weighted by molar-refractivity contribution is 5.95. The van der Waals surface area contributed by atoms with Crippen molar-refractivity contribution < 1.29 is 23.8 Å². The molecule has 0 radical (unpaired) electrons. The molecule has 0 aliphatic carbocycles. The highest BCUT2D eigenvalue weighted by atomic mass is 16.7. The summed E-state index contributed by atoms with van der Waals surface area (Å²) in [6.07, 6.45) is 1.41. The van der Waals surface area contributed by atoms with E-state index in [2.05, 4.69) is 25.4 Å². The maximum absolute atomic E-state index is 12.9. The summed E-state index contributed by atoms with van der Waals surface area (Å²) < 4.78 is 17.4. The van der Waals surface area contributed by atoms with Gasteiger partial charge in [-0.25, -0.2) is 14.8 Å². The van der Waals surface area contributed by atoms with Crippen molar-refractivity contribution in [3.8, 4) is 17.4 Å². The smallest absolute Gasteiger partial charge is 0.350 e. The minimum absolute atomic E-state index is 0.0654. The van der Waals surface area contributed by atoms with Crippen LogP contribution >= 0.6 is 0 Å². The first-order valence-electron chi connectivity index (χ1n) is 12.5. The van der Waals surface area contributed by atoms with E-state index in [0.29, 0.717) is 22.6 Å². The predicted molar refractivity (Wildman–Crippen MR) is 151 cm³/mol. The van der Waals surface area contributed by atoms with Gasteiger partial charge < -0.3 is 30.2 Å². The first-order chi connectivity index (χ1) is 20.0. The number of nitrogens with two attached hydrogens (primary N) is 1. The van der Waals surface area contributed by atoms with Gasteiger partial charge in [0.1, 0.15) is 23.4 Å². The molecule has 15 heteroatoms. The summed E-state index contributed by atoms with van der Waals surface area (Å²) in [6.45, 7) is 1.16. The Labute approximate surface area is 239 Å². The molecule has 2 aromatic carbocycles. The Morgan fingerprint density at radius 1 is 1.10 bits per heavy atom. The molecule has 4 aromatic rings. The number of rotatable bonds is 11. The third-order valence-electron chi connectivity index (χ3n) is 5.79. The second-order valence-corrected chi connectivity index (χ2v) is 9.08. The molecule has 2 heterocycles. The van der Waals surface area contributed by atoms with Gasteiger partial charge in [-0.2, -0.15) is 0 Å². The van der Waals surface area contributed by atoms with E-state index in [1.165, 1.54) is 44.6 Å². The zero-order valence-electron chi connectivity index (χ0n) is 23.2. The Balaban J connectivity index is 1.80. The van der Waals surface area contributed by atoms with Gasteiger partial charge in [-0.1, -0.05) is 0 Å². The number of ether oxygens (including phenoxy) is 3. The molecule has 15 nitrogen and oxygen atoms in total. The van der Waals surface area contributed by atoms with Crippen LogP contribution in [0.3, 0.4) is 0 Å². The van der Waals surface area contributed by atoms with E-state index in [0.717, 1.165) is 11.6 Å². The van der Waals surface area contributed by atoms with Crippen molar-refractivity contribution in [3.05, 3.63) is 88.4 Å². The molecular formula is C27H29N9O6. The first kappa shape index (κ1) is 29.3. The molecule has 218 valence electrons. The number of likely N-dealkylation sites (N-methyl/N-ethyl adjacent to an activating group) is 1. The standard InChI is InChI=1S/C27H29N9O6/c1-15(37)41-25(24(38)35(2)3)42-20-13-17(12-19(14-20)40-4)21(32-18-8-6-16(7-9-18)22(28)29)23-33-27(39)36(34-23)26-30-10-5-11-31-26/h5-14,21,25,32H,1-4H3,(H3,28,29)(H,33,34,39)/t21-,25?/m0/s1. The molecule has 4 rings (SSSR count). The number of aromatic nitrogens is 5. The predicted octanol–water partition coefficient (Wildman–Crippen LogP) is 1.20. The van der Waals surface area contributed by atoms with Gasteiger partial charge in [0, 0.05) is 50.7 Å². The number of aromatic amines is 1. The van der Waals surface area contributed by atoms with Crippen LogP contribution in [0.15, 0.2) is 65.7 Å². The average Bonchev–Trinajstić information content (AvgIpc) is 3.36. The average molecular weight is 576 g/mol. The number of methoxy groups -OCH3 is 1. The van der Waals surface area contributed by atoms with Crippen LogP contribution < -0.4 is 26.2 Å². The largest absolute Gasteiger partial charge is 0.497 e. The van der Waals surface area contributed by atoms with Gasteiger partial charge in [-0.05, 0) is 48.0 Å². The fourth-order valence-corrected chi connectivity index (χ4v) is 3.79. The molecule has 2 aromatic heterocycles. The van der Waals surface area contributed by atoms with Crippen molar-refractivity contribution in [1.82, 2.24) is 29.6 Å². The van der Waals surface area contributed by atoms with E-state index < -0.39 is 29.9 Å². The van der Waals surface area contributed by atoms with Gasteiger partial charge in [0.25, 0.3) is 5.95 Å². The van der Waals surface area contributed by atoms with Crippen LogP contribution in [0.2, 0.25) is 0 Å². The number of anilines is 1. The molecule has 2 atom stereocenters. The molecule has 1 amide bonds. The summed E-state index contributed by atoms with van der Waals surface area (Å²) in [6, 6.07) is 12.3. The number of benzene rings is 2. The molecule has 42 heavy (non-hydrogen) atoms. The summed E-state index contributed by atoms with van der Waals surface area (Å²) in [4.78, 5) is 49.4. The van der Waals surface area contributed by atoms with Crippen LogP contribution in [0.4, 0.5) is 5.69 Å². The van der Waals surface area contributed by atoms with Gasteiger partial charge >= 0.3 is 23.9 Å². The summed E-state index contributed by atoms with van der Waals surface area (Å²) in [5.74, 6) is -0.670. The first-order valence-corrected chi connectivity index (χ1v) is 12.5. The second kappa shape index (κ2) is 12.6. The van der Waals surface area contributed by atoms with Gasteiger partial charge in [0.15, 0.2) is 5.82 Å². The third-order valence-corrected chi connectivity index (χ3v) is 5.79. The van der Waals surface area contributed by atoms with Crippen LogP contribution in [0.25, 0.3) is 5.95 Å². The number of amides is 1. The molecule has 1 unspecified atom stereocenters. The Morgan fingerprint density at radius 3 is 2.36 bits per heavy atom. The number of esters is 1. The quantitative estimate of drug-likeness (QED) is 0.0866. The molecule has 0 spiro atoms. The van der Waals surface area contributed by atoms with Gasteiger partial charge in [-0.3, -0.25) is 20.0 Å². The van der Waals surface area contributed by atoms with Crippen LogP contribution in [0.5, 0.6) is 11.5 Å². The van der Waals surface area contributed by atoms with Crippen molar-refractivity contribution >= 4 is 23.4 Å². The van der Waals surface area contributed by atoms with Crippen LogP contribution in [0, 0.1) is 5.41 Å². The maximum Gasteiger partial charge on any atom is 0.350 e. The van der Waals surface area contributed by atoms with Crippen LogP contribution in [0.1, 0.15) is 29.9 Å². The minimum Gasteiger partial charge on any atom is -0.497 e. The number of hydrogen-bond donors (Lipinski definition) is 4. The van der Waals surface area contributed by atoms with Crippen molar-refractivity contribution in [3.63, 3.8) is 0 Å². The molecule has 5 N–H and O–H groups in total. The molecule has 0 fully saturated rings. The third kappa shape index (κ3) is 6.88. The SMILES string of the molecule is COc1cc(OC(OC(C)=O)C(=O)N(C)C)cc([C@H](Nc2ccc(C(=N)N)cc2)c2nn(-c3ncccn3)c(=O)[nH]2)c1. The van der Waals surface area contributed by atoms with Gasteiger partial charge in [0.2, 0.25) is 0 Å². The lowest BCUT2D eigenvalue weighted by Crippen LogP contribution is -2.40. The number of nitrogens with zero attached hydrogens (tertiary/aromatic N) is 5. The Morgan fingerprint density at radius 2 is 1.76 bits per heavy atom. The van der Waals surface area contributed by atoms with E-state index in [1.807, 2.05) is 0 Å². The van der Waals surface area contributed by atoms with Crippen LogP contribution in [-0.4, -0.2) is 74.8 Å². The molecule has 0 saturated carbocycles. The second-order valence-electron chi connectivity index (χ2n) is 9.08. The van der Waals surface area contributed by atoms with E-state index in [-0.39, 0.29) is 23.4 Å². The normalized spacial score (nSPS) is 12.1. The summed E-state index contributed by atoms with van der Waals surface area (Å²) in [5.41, 5.74) is 6.63. The Hall–Kier alpha value is -5.73. The number of nitrogen functional groups attached to an aromatic ring is 1. The fourth-order valence-electron chi connectivity index (χ4n) is 3.79. The van der Waals surface area contributed by atoms with Crippen LogP contribution in [-0.2, 0) is 14.3 Å². The molecule has 0 aliphatic heterocycles. The van der Waals surface area contributed by atoms with Crippen molar-refractivity contribution in [2.24, 2.45) is 5.73 Å². The lowest BCUT2D eigenvalue weighted by molar-refractivity contribution is -0.175.